The van der Waals surface area contributed by atoms with Gasteiger partial charge in [0.15, 0.2) is 10.8 Å². The Hall–Kier alpha value is -3.09. The Labute approximate surface area is 210 Å². The fourth-order valence-electron chi connectivity index (χ4n) is 5.07. The molecule has 7 heteroatoms. The summed E-state index contributed by atoms with van der Waals surface area (Å²) < 4.78 is 6.62. The third kappa shape index (κ3) is 3.71. The minimum Gasteiger partial charge on any atom is -0.467 e. The third-order valence-electron chi connectivity index (χ3n) is 6.64. The van der Waals surface area contributed by atoms with Crippen molar-refractivity contribution >= 4 is 46.2 Å². The molecule has 0 aromatic heterocycles. The number of amides is 1. The van der Waals surface area contributed by atoms with Crippen LogP contribution in [0.25, 0.3) is 0 Å². The third-order valence-corrected chi connectivity index (χ3v) is 7.18. The second-order valence-corrected chi connectivity index (χ2v) is 10.0. The predicted molar refractivity (Wildman–Crippen MR) is 141 cm³/mol. The summed E-state index contributed by atoms with van der Waals surface area (Å²) in [4.78, 5) is 15.8. The number of aryl methyl sites for hydroxylation is 3. The number of nitrogens with one attached hydrogen (secondary N) is 2. The Morgan fingerprint density at radius 3 is 2.59 bits per heavy atom. The first-order chi connectivity index (χ1) is 16.2. The van der Waals surface area contributed by atoms with Crippen molar-refractivity contribution in [3.8, 4) is 5.75 Å². The van der Waals surface area contributed by atoms with Gasteiger partial charge in [-0.25, -0.2) is 0 Å². The average Bonchev–Trinajstić information content (AvgIpc) is 2.76. The first-order valence-electron chi connectivity index (χ1n) is 11.2. The summed E-state index contributed by atoms with van der Waals surface area (Å²) in [7, 11) is 0. The molecule has 2 heterocycles. The van der Waals surface area contributed by atoms with Crippen LogP contribution in [0.15, 0.2) is 60.7 Å². The minimum absolute atomic E-state index is 0.155. The lowest BCUT2D eigenvalue weighted by molar-refractivity contribution is -0.130. The average molecular weight is 492 g/mol. The largest absolute Gasteiger partial charge is 0.467 e. The number of halogens is 1. The van der Waals surface area contributed by atoms with E-state index in [1.807, 2.05) is 81.1 Å². The smallest absolute Gasteiger partial charge is 0.236 e. The van der Waals surface area contributed by atoms with Gasteiger partial charge in [-0.2, -0.15) is 0 Å². The summed E-state index contributed by atoms with van der Waals surface area (Å²) >= 11 is 12.1. The SMILES string of the molecule is Cc1cccc(N2C(=S)N[C@H]3c4cc(Cl)ccc4O[C@@]2(C)[C@H]3C(=O)Nc2ccc(C)cc2C)c1. The number of nitrogens with zero attached hydrogens (tertiary/aromatic N) is 1. The molecule has 5 nitrogen and oxygen atoms in total. The van der Waals surface area contributed by atoms with Crippen molar-refractivity contribution in [3.05, 3.63) is 87.9 Å². The maximum absolute atomic E-state index is 13.9. The molecule has 2 aliphatic heterocycles. The minimum atomic E-state index is -1.07. The molecule has 0 unspecified atom stereocenters. The Morgan fingerprint density at radius 1 is 1.09 bits per heavy atom. The lowest BCUT2D eigenvalue weighted by Gasteiger charge is -2.56. The highest BCUT2D eigenvalue weighted by molar-refractivity contribution is 7.80. The first-order valence-corrected chi connectivity index (χ1v) is 12.0. The number of rotatable bonds is 3. The summed E-state index contributed by atoms with van der Waals surface area (Å²) in [6, 6.07) is 19.1. The van der Waals surface area contributed by atoms with Gasteiger partial charge in [-0.15, -0.1) is 0 Å². The summed E-state index contributed by atoms with van der Waals surface area (Å²) in [5, 5.41) is 7.64. The van der Waals surface area contributed by atoms with Crippen molar-refractivity contribution in [2.75, 3.05) is 10.2 Å². The van der Waals surface area contributed by atoms with Gasteiger partial charge in [-0.05, 0) is 87.4 Å². The Kier molecular flexibility index (Phi) is 5.53. The molecule has 2 aliphatic rings. The molecular formula is C27H26ClN3O2S. The summed E-state index contributed by atoms with van der Waals surface area (Å²) in [5.41, 5.74) is 4.62. The number of anilines is 2. The van der Waals surface area contributed by atoms with Crippen molar-refractivity contribution in [2.24, 2.45) is 5.92 Å². The fourth-order valence-corrected chi connectivity index (χ4v) is 5.67. The Balaban J connectivity index is 1.63. The molecule has 2 N–H and O–H groups in total. The van der Waals surface area contributed by atoms with Crippen LogP contribution in [0.3, 0.4) is 0 Å². The Bertz CT molecular complexity index is 1330. The van der Waals surface area contributed by atoms with E-state index in [4.69, 9.17) is 28.6 Å². The number of hydrogen-bond acceptors (Lipinski definition) is 3. The molecule has 1 fully saturated rings. The van der Waals surface area contributed by atoms with Crippen LogP contribution in [0.2, 0.25) is 5.02 Å². The molecule has 0 saturated carbocycles. The molecule has 1 amide bonds. The van der Waals surface area contributed by atoms with Crippen LogP contribution in [-0.2, 0) is 4.79 Å². The number of carbonyl (C=O) groups is 1. The highest BCUT2D eigenvalue weighted by Crippen LogP contribution is 2.50. The molecule has 3 aromatic carbocycles. The van der Waals surface area contributed by atoms with Crippen LogP contribution in [0.5, 0.6) is 5.75 Å². The van der Waals surface area contributed by atoms with E-state index in [9.17, 15) is 4.79 Å². The van der Waals surface area contributed by atoms with E-state index in [2.05, 4.69) is 16.7 Å². The topological polar surface area (TPSA) is 53.6 Å². The molecule has 174 valence electrons. The van der Waals surface area contributed by atoms with Gasteiger partial charge in [0.1, 0.15) is 11.7 Å². The quantitative estimate of drug-likeness (QED) is 0.436. The summed E-state index contributed by atoms with van der Waals surface area (Å²) in [6.07, 6.45) is 0. The predicted octanol–water partition coefficient (Wildman–Crippen LogP) is 6.06. The molecule has 2 bridgehead atoms. The molecule has 0 aliphatic carbocycles. The lowest BCUT2D eigenvalue weighted by atomic mass is 9.78. The summed E-state index contributed by atoms with van der Waals surface area (Å²) in [6.45, 7) is 7.98. The van der Waals surface area contributed by atoms with E-state index in [-0.39, 0.29) is 5.91 Å². The van der Waals surface area contributed by atoms with Gasteiger partial charge in [-0.3, -0.25) is 9.69 Å². The van der Waals surface area contributed by atoms with E-state index >= 15 is 0 Å². The van der Waals surface area contributed by atoms with Gasteiger partial charge < -0.3 is 15.4 Å². The lowest BCUT2D eigenvalue weighted by Crippen LogP contribution is -2.72. The van der Waals surface area contributed by atoms with E-state index < -0.39 is 17.7 Å². The van der Waals surface area contributed by atoms with Crippen molar-refractivity contribution < 1.29 is 9.53 Å². The van der Waals surface area contributed by atoms with Gasteiger partial charge in [-0.1, -0.05) is 41.4 Å². The highest BCUT2D eigenvalue weighted by atomic mass is 35.5. The number of carbonyl (C=O) groups excluding carboxylic acids is 1. The summed E-state index contributed by atoms with van der Waals surface area (Å²) in [5.74, 6) is -0.0933. The van der Waals surface area contributed by atoms with E-state index in [0.717, 1.165) is 33.6 Å². The van der Waals surface area contributed by atoms with Gasteiger partial charge >= 0.3 is 0 Å². The first kappa shape index (κ1) is 22.7. The number of fused-ring (bicyclic) bond motifs is 4. The van der Waals surface area contributed by atoms with Crippen molar-refractivity contribution in [1.82, 2.24) is 5.32 Å². The van der Waals surface area contributed by atoms with Crippen LogP contribution >= 0.6 is 23.8 Å². The second kappa shape index (κ2) is 8.29. The zero-order valence-electron chi connectivity index (χ0n) is 19.5. The maximum Gasteiger partial charge on any atom is 0.236 e. The monoisotopic (exact) mass is 491 g/mol. The molecule has 0 radical (unpaired) electrons. The van der Waals surface area contributed by atoms with Crippen molar-refractivity contribution in [3.63, 3.8) is 0 Å². The van der Waals surface area contributed by atoms with Crippen molar-refractivity contribution in [1.29, 1.82) is 0 Å². The van der Waals surface area contributed by atoms with Gasteiger partial charge in [0.05, 0.1) is 6.04 Å². The van der Waals surface area contributed by atoms with Crippen LogP contribution in [0.1, 0.15) is 35.2 Å². The maximum atomic E-state index is 13.9. The van der Waals surface area contributed by atoms with E-state index in [1.165, 1.54) is 0 Å². The number of hydrogen-bond donors (Lipinski definition) is 2. The van der Waals surface area contributed by atoms with Gasteiger partial charge in [0.25, 0.3) is 0 Å². The molecule has 3 aromatic rings. The normalized spacial score (nSPS) is 23.0. The zero-order chi connectivity index (χ0) is 24.2. The molecule has 34 heavy (non-hydrogen) atoms. The van der Waals surface area contributed by atoms with Gasteiger partial charge in [0, 0.05) is 22.0 Å². The molecule has 0 spiro atoms. The van der Waals surface area contributed by atoms with Crippen LogP contribution in [0, 0.1) is 26.7 Å². The van der Waals surface area contributed by atoms with E-state index in [0.29, 0.717) is 15.9 Å². The zero-order valence-corrected chi connectivity index (χ0v) is 21.1. The number of ether oxygens (including phenoxy) is 1. The fraction of sp³-hybridized carbons (Fsp3) is 0.259. The molecule has 1 saturated heterocycles. The van der Waals surface area contributed by atoms with Crippen LogP contribution in [0.4, 0.5) is 11.4 Å². The second-order valence-electron chi connectivity index (χ2n) is 9.23. The van der Waals surface area contributed by atoms with Crippen LogP contribution in [-0.4, -0.2) is 16.7 Å². The molecule has 3 atom stereocenters. The standard InChI is InChI=1S/C27H26ClN3O2S/c1-15-6-5-7-19(13-15)31-26(34)30-24-20-14-18(28)9-11-22(20)33-27(31,4)23(24)25(32)29-21-10-8-16(2)12-17(21)3/h5-14,23-24H,1-4H3,(H,29,32)(H,30,34)/t23-,24+,27+/m1/s1. The molecule has 5 rings (SSSR count). The van der Waals surface area contributed by atoms with Gasteiger partial charge in [0.2, 0.25) is 5.91 Å². The van der Waals surface area contributed by atoms with E-state index in [1.54, 1.807) is 6.07 Å². The molecular weight excluding hydrogens is 466 g/mol. The highest BCUT2D eigenvalue weighted by Gasteiger charge is 2.59. The van der Waals surface area contributed by atoms with Crippen molar-refractivity contribution in [2.45, 2.75) is 39.5 Å². The Morgan fingerprint density at radius 2 is 1.85 bits per heavy atom. The van der Waals surface area contributed by atoms with Crippen LogP contribution < -0.4 is 20.3 Å². The number of thiocarbonyl (C=S) groups is 1. The number of benzene rings is 3.